The summed E-state index contributed by atoms with van der Waals surface area (Å²) in [5, 5.41) is 0. The molecule has 0 unspecified atom stereocenters. The highest BCUT2D eigenvalue weighted by molar-refractivity contribution is 9.10. The topological polar surface area (TPSA) is 32.3 Å². The van der Waals surface area contributed by atoms with E-state index in [1.165, 1.54) is 0 Å². The van der Waals surface area contributed by atoms with Gasteiger partial charge in [-0.2, -0.15) is 0 Å². The van der Waals surface area contributed by atoms with E-state index in [0.717, 1.165) is 43.0 Å². The molecule has 4 nitrogen and oxygen atoms in total. The van der Waals surface area contributed by atoms with Crippen molar-refractivity contribution in [2.24, 2.45) is 0 Å². The molecule has 1 fully saturated rings. The molecule has 0 N–H and O–H groups in total. The van der Waals surface area contributed by atoms with Crippen LogP contribution in [0.1, 0.15) is 5.82 Å². The van der Waals surface area contributed by atoms with Crippen LogP contribution in [0.15, 0.2) is 16.9 Å². The van der Waals surface area contributed by atoms with Gasteiger partial charge in [-0.25, -0.2) is 9.97 Å². The fraction of sp³-hybridized carbons (Fsp3) is 0.600. The first-order chi connectivity index (χ1) is 7.24. The maximum atomic E-state index is 4.28. The Labute approximate surface area is 98.4 Å². The van der Waals surface area contributed by atoms with Crippen LogP contribution in [0.2, 0.25) is 0 Å². The first-order valence-electron chi connectivity index (χ1n) is 5.11. The molecule has 2 heterocycles. The third kappa shape index (κ3) is 3.22. The highest BCUT2D eigenvalue weighted by atomic mass is 79.9. The summed E-state index contributed by atoms with van der Waals surface area (Å²) in [6.45, 7) is 5.35. The predicted molar refractivity (Wildman–Crippen MR) is 62.5 cm³/mol. The fourth-order valence-corrected chi connectivity index (χ4v) is 1.83. The maximum Gasteiger partial charge on any atom is 0.142 e. The minimum atomic E-state index is 0.862. The molecule has 0 atom stereocenters. The SMILES string of the molecule is CN1CCN(Cc2ncc(Br)cn2)CC1. The molecular weight excluding hydrogens is 256 g/mol. The summed E-state index contributed by atoms with van der Waals surface area (Å²) in [4.78, 5) is 13.3. The molecule has 1 aliphatic rings. The van der Waals surface area contributed by atoms with E-state index in [9.17, 15) is 0 Å². The largest absolute Gasteiger partial charge is 0.304 e. The quantitative estimate of drug-likeness (QED) is 0.803. The Morgan fingerprint density at radius 1 is 1.20 bits per heavy atom. The van der Waals surface area contributed by atoms with Crippen molar-refractivity contribution in [2.75, 3.05) is 33.2 Å². The Bertz CT molecular complexity index is 306. The summed E-state index contributed by atoms with van der Waals surface area (Å²) >= 11 is 3.33. The van der Waals surface area contributed by atoms with Crippen molar-refractivity contribution in [3.8, 4) is 0 Å². The molecule has 0 amide bonds. The summed E-state index contributed by atoms with van der Waals surface area (Å²) < 4.78 is 0.935. The number of piperazine rings is 1. The zero-order valence-corrected chi connectivity index (χ0v) is 10.4. The lowest BCUT2D eigenvalue weighted by molar-refractivity contribution is 0.145. The molecular formula is C10H15BrN4. The Balaban J connectivity index is 1.89. The average Bonchev–Trinajstić information content (AvgIpc) is 2.25. The molecule has 0 spiro atoms. The summed E-state index contributed by atoms with van der Waals surface area (Å²) in [6.07, 6.45) is 3.61. The smallest absolute Gasteiger partial charge is 0.142 e. The highest BCUT2D eigenvalue weighted by Gasteiger charge is 2.14. The lowest BCUT2D eigenvalue weighted by Gasteiger charge is -2.31. The standard InChI is InChI=1S/C10H15BrN4/c1-14-2-4-15(5-3-14)8-10-12-6-9(11)7-13-10/h6-7H,2-5,8H2,1H3. The third-order valence-electron chi connectivity index (χ3n) is 2.63. The van der Waals surface area contributed by atoms with Crippen molar-refractivity contribution < 1.29 is 0 Å². The lowest BCUT2D eigenvalue weighted by Crippen LogP contribution is -2.44. The minimum absolute atomic E-state index is 0.862. The van der Waals surface area contributed by atoms with Crippen LogP contribution in [0, 0.1) is 0 Å². The van der Waals surface area contributed by atoms with E-state index >= 15 is 0 Å². The van der Waals surface area contributed by atoms with Gasteiger partial charge in [-0.15, -0.1) is 0 Å². The summed E-state index contributed by atoms with van der Waals surface area (Å²) in [7, 11) is 2.16. The van der Waals surface area contributed by atoms with Gasteiger partial charge in [0, 0.05) is 38.6 Å². The van der Waals surface area contributed by atoms with Crippen LogP contribution in [0.25, 0.3) is 0 Å². The number of likely N-dealkylation sites (N-methyl/N-ethyl adjacent to an activating group) is 1. The number of hydrogen-bond acceptors (Lipinski definition) is 4. The molecule has 0 radical (unpaired) electrons. The summed E-state index contributed by atoms with van der Waals surface area (Å²) in [5.41, 5.74) is 0. The summed E-state index contributed by atoms with van der Waals surface area (Å²) in [6, 6.07) is 0. The second kappa shape index (κ2) is 5.01. The zero-order chi connectivity index (χ0) is 10.7. The van der Waals surface area contributed by atoms with Crippen molar-refractivity contribution >= 4 is 15.9 Å². The first kappa shape index (κ1) is 11.0. The van der Waals surface area contributed by atoms with Gasteiger partial charge in [-0.3, -0.25) is 4.90 Å². The number of hydrogen-bond donors (Lipinski definition) is 0. The van der Waals surface area contributed by atoms with Crippen LogP contribution in [0.3, 0.4) is 0 Å². The van der Waals surface area contributed by atoms with Crippen LogP contribution in [0.4, 0.5) is 0 Å². The van der Waals surface area contributed by atoms with E-state index in [0.29, 0.717) is 0 Å². The highest BCUT2D eigenvalue weighted by Crippen LogP contribution is 2.07. The van der Waals surface area contributed by atoms with Gasteiger partial charge in [0.1, 0.15) is 5.82 Å². The molecule has 1 aromatic heterocycles. The van der Waals surface area contributed by atoms with E-state index in [1.54, 1.807) is 12.4 Å². The van der Waals surface area contributed by atoms with Crippen LogP contribution in [-0.2, 0) is 6.54 Å². The molecule has 0 aromatic carbocycles. The van der Waals surface area contributed by atoms with Gasteiger partial charge in [0.05, 0.1) is 11.0 Å². The van der Waals surface area contributed by atoms with E-state index in [4.69, 9.17) is 0 Å². The second-order valence-corrected chi connectivity index (χ2v) is 4.81. The number of nitrogens with zero attached hydrogens (tertiary/aromatic N) is 4. The molecule has 2 rings (SSSR count). The predicted octanol–water partition coefficient (Wildman–Crippen LogP) is 0.986. The van der Waals surface area contributed by atoms with Gasteiger partial charge >= 0.3 is 0 Å². The lowest BCUT2D eigenvalue weighted by atomic mass is 10.3. The van der Waals surface area contributed by atoms with Gasteiger partial charge in [-0.05, 0) is 23.0 Å². The Hall–Kier alpha value is -0.520. The molecule has 5 heteroatoms. The molecule has 1 aromatic rings. The van der Waals surface area contributed by atoms with Crippen LogP contribution in [-0.4, -0.2) is 53.0 Å². The van der Waals surface area contributed by atoms with Crippen molar-refractivity contribution in [2.45, 2.75) is 6.54 Å². The van der Waals surface area contributed by atoms with Gasteiger partial charge in [0.2, 0.25) is 0 Å². The van der Waals surface area contributed by atoms with Gasteiger partial charge in [0.25, 0.3) is 0 Å². The van der Waals surface area contributed by atoms with Crippen LogP contribution >= 0.6 is 15.9 Å². The third-order valence-corrected chi connectivity index (χ3v) is 3.04. The monoisotopic (exact) mass is 270 g/mol. The van der Waals surface area contributed by atoms with E-state index in [2.05, 4.69) is 42.7 Å². The normalized spacial score (nSPS) is 19.3. The maximum absolute atomic E-state index is 4.28. The van der Waals surface area contributed by atoms with Crippen molar-refractivity contribution in [3.63, 3.8) is 0 Å². The van der Waals surface area contributed by atoms with E-state index in [1.807, 2.05) is 0 Å². The van der Waals surface area contributed by atoms with Gasteiger partial charge < -0.3 is 4.90 Å². The van der Waals surface area contributed by atoms with Crippen molar-refractivity contribution in [1.29, 1.82) is 0 Å². The number of halogens is 1. The molecule has 0 saturated carbocycles. The van der Waals surface area contributed by atoms with Crippen molar-refractivity contribution in [3.05, 3.63) is 22.7 Å². The minimum Gasteiger partial charge on any atom is -0.304 e. The zero-order valence-electron chi connectivity index (χ0n) is 8.86. The molecule has 1 aliphatic heterocycles. The van der Waals surface area contributed by atoms with Gasteiger partial charge in [-0.1, -0.05) is 0 Å². The molecule has 82 valence electrons. The molecule has 0 bridgehead atoms. The Morgan fingerprint density at radius 2 is 1.80 bits per heavy atom. The summed E-state index contributed by atoms with van der Waals surface area (Å²) in [5.74, 6) is 0.905. The van der Waals surface area contributed by atoms with E-state index < -0.39 is 0 Å². The van der Waals surface area contributed by atoms with Crippen molar-refractivity contribution in [1.82, 2.24) is 19.8 Å². The molecule has 1 saturated heterocycles. The molecule has 0 aliphatic carbocycles. The fourth-order valence-electron chi connectivity index (χ4n) is 1.63. The second-order valence-electron chi connectivity index (χ2n) is 3.90. The molecule has 15 heavy (non-hydrogen) atoms. The first-order valence-corrected chi connectivity index (χ1v) is 5.90. The number of rotatable bonds is 2. The van der Waals surface area contributed by atoms with Gasteiger partial charge in [0.15, 0.2) is 0 Å². The van der Waals surface area contributed by atoms with Crippen LogP contribution < -0.4 is 0 Å². The Kier molecular flexibility index (Phi) is 3.66. The van der Waals surface area contributed by atoms with Crippen LogP contribution in [0.5, 0.6) is 0 Å². The number of aromatic nitrogens is 2. The Morgan fingerprint density at radius 3 is 2.40 bits per heavy atom. The average molecular weight is 271 g/mol. The van der Waals surface area contributed by atoms with E-state index in [-0.39, 0.29) is 0 Å².